The van der Waals surface area contributed by atoms with Crippen molar-refractivity contribution in [3.05, 3.63) is 77.1 Å². The van der Waals surface area contributed by atoms with Crippen molar-refractivity contribution in [2.24, 2.45) is 0 Å². The molecule has 0 atom stereocenters. The summed E-state index contributed by atoms with van der Waals surface area (Å²) in [5, 5.41) is 8.58. The summed E-state index contributed by atoms with van der Waals surface area (Å²) in [6.07, 6.45) is 3.44. The smallest absolute Gasteiger partial charge is 0.261 e. The van der Waals surface area contributed by atoms with E-state index in [1.165, 1.54) is 11.3 Å². The Balaban J connectivity index is 1.62. The molecule has 5 nitrogen and oxygen atoms in total. The van der Waals surface area contributed by atoms with E-state index in [1.54, 1.807) is 12.4 Å². The number of carbonyl (C=O) groups excluding carboxylic acids is 1. The topological polar surface area (TPSA) is 59.8 Å². The maximum Gasteiger partial charge on any atom is 0.261 e. The van der Waals surface area contributed by atoms with Crippen LogP contribution in [-0.4, -0.2) is 20.7 Å². The number of aryl methyl sites for hydroxylation is 1. The second-order valence-electron chi connectivity index (χ2n) is 5.70. The van der Waals surface area contributed by atoms with Crippen molar-refractivity contribution in [3.63, 3.8) is 0 Å². The number of aromatic nitrogens is 3. The fourth-order valence-corrected chi connectivity index (χ4v) is 3.77. The van der Waals surface area contributed by atoms with Gasteiger partial charge in [0.15, 0.2) is 0 Å². The molecule has 4 rings (SSSR count). The largest absolute Gasteiger partial charge is 0.347 e. The Morgan fingerprint density at radius 2 is 1.92 bits per heavy atom. The molecule has 0 bridgehead atoms. The zero-order chi connectivity index (χ0) is 17.2. The number of pyridine rings is 1. The van der Waals surface area contributed by atoms with Crippen LogP contribution in [0.15, 0.2) is 60.9 Å². The van der Waals surface area contributed by atoms with Gasteiger partial charge in [0.25, 0.3) is 5.91 Å². The maximum absolute atomic E-state index is 12.5. The SMILES string of the molecule is Cc1nn(-c2ccccc2)c2sc(C(=O)NCc3ccncc3)cc12. The van der Waals surface area contributed by atoms with Crippen molar-refractivity contribution in [1.82, 2.24) is 20.1 Å². The van der Waals surface area contributed by atoms with Crippen molar-refractivity contribution in [3.8, 4) is 5.69 Å². The molecule has 0 spiro atoms. The summed E-state index contributed by atoms with van der Waals surface area (Å²) in [6.45, 7) is 2.45. The Bertz CT molecular complexity index is 1020. The molecule has 0 aliphatic heterocycles. The van der Waals surface area contributed by atoms with Gasteiger partial charge >= 0.3 is 0 Å². The normalized spacial score (nSPS) is 10.9. The molecule has 124 valence electrons. The van der Waals surface area contributed by atoms with Gasteiger partial charge in [0.1, 0.15) is 4.83 Å². The van der Waals surface area contributed by atoms with Gasteiger partial charge in [0, 0.05) is 24.3 Å². The van der Waals surface area contributed by atoms with Crippen molar-refractivity contribution < 1.29 is 4.79 Å². The Kier molecular flexibility index (Phi) is 4.03. The second-order valence-corrected chi connectivity index (χ2v) is 6.73. The van der Waals surface area contributed by atoms with Crippen molar-refractivity contribution in [2.75, 3.05) is 0 Å². The molecule has 0 aliphatic carbocycles. The first-order valence-corrected chi connectivity index (χ1v) is 8.76. The number of nitrogens with one attached hydrogen (secondary N) is 1. The molecule has 0 fully saturated rings. The van der Waals surface area contributed by atoms with Crippen LogP contribution >= 0.6 is 11.3 Å². The van der Waals surface area contributed by atoms with Gasteiger partial charge in [0.05, 0.1) is 16.3 Å². The molecule has 6 heteroatoms. The van der Waals surface area contributed by atoms with E-state index in [2.05, 4.69) is 15.4 Å². The highest BCUT2D eigenvalue weighted by atomic mass is 32.1. The van der Waals surface area contributed by atoms with E-state index in [0.717, 1.165) is 27.2 Å². The van der Waals surface area contributed by atoms with E-state index in [9.17, 15) is 4.79 Å². The molecule has 0 unspecified atom stereocenters. The van der Waals surface area contributed by atoms with Crippen LogP contribution in [0, 0.1) is 6.92 Å². The Morgan fingerprint density at radius 1 is 1.16 bits per heavy atom. The number of carbonyl (C=O) groups is 1. The third-order valence-corrected chi connectivity index (χ3v) is 5.08. The monoisotopic (exact) mass is 348 g/mol. The fourth-order valence-electron chi connectivity index (χ4n) is 2.67. The lowest BCUT2D eigenvalue weighted by Gasteiger charge is -2.03. The third kappa shape index (κ3) is 3.04. The molecule has 0 saturated carbocycles. The van der Waals surface area contributed by atoms with Crippen LogP contribution in [0.2, 0.25) is 0 Å². The quantitative estimate of drug-likeness (QED) is 0.611. The summed E-state index contributed by atoms with van der Waals surface area (Å²) in [5.74, 6) is -0.0722. The highest BCUT2D eigenvalue weighted by Crippen LogP contribution is 2.30. The van der Waals surface area contributed by atoms with E-state index in [1.807, 2.05) is 60.1 Å². The number of benzene rings is 1. The summed E-state index contributed by atoms with van der Waals surface area (Å²) in [7, 11) is 0. The van der Waals surface area contributed by atoms with E-state index in [4.69, 9.17) is 0 Å². The Morgan fingerprint density at radius 3 is 2.68 bits per heavy atom. The number of thiophene rings is 1. The van der Waals surface area contributed by atoms with Gasteiger partial charge < -0.3 is 5.32 Å². The zero-order valence-electron chi connectivity index (χ0n) is 13.6. The molecule has 0 saturated heterocycles. The van der Waals surface area contributed by atoms with Crippen molar-refractivity contribution in [2.45, 2.75) is 13.5 Å². The molecule has 0 aliphatic rings. The van der Waals surface area contributed by atoms with E-state index in [-0.39, 0.29) is 5.91 Å². The molecule has 1 aromatic carbocycles. The second kappa shape index (κ2) is 6.49. The van der Waals surface area contributed by atoms with Gasteiger partial charge in [-0.25, -0.2) is 4.68 Å². The van der Waals surface area contributed by atoms with Gasteiger partial charge in [-0.2, -0.15) is 5.10 Å². The predicted octanol–water partition coefficient (Wildman–Crippen LogP) is 3.72. The highest BCUT2D eigenvalue weighted by molar-refractivity contribution is 7.20. The van der Waals surface area contributed by atoms with E-state index in [0.29, 0.717) is 11.4 Å². The Labute approximate surface area is 149 Å². The van der Waals surface area contributed by atoms with Crippen LogP contribution in [0.5, 0.6) is 0 Å². The highest BCUT2D eigenvalue weighted by Gasteiger charge is 2.16. The summed E-state index contributed by atoms with van der Waals surface area (Å²) >= 11 is 1.46. The Hall–Kier alpha value is -2.99. The van der Waals surface area contributed by atoms with E-state index < -0.39 is 0 Å². The molecular weight excluding hydrogens is 332 g/mol. The molecule has 0 radical (unpaired) electrons. The van der Waals surface area contributed by atoms with Gasteiger partial charge in [-0.05, 0) is 42.8 Å². The minimum Gasteiger partial charge on any atom is -0.347 e. The number of rotatable bonds is 4. The van der Waals surface area contributed by atoms with Crippen LogP contribution in [0.4, 0.5) is 0 Å². The molecule has 3 heterocycles. The zero-order valence-corrected chi connectivity index (χ0v) is 14.5. The number of nitrogens with zero attached hydrogens (tertiary/aromatic N) is 3. The van der Waals surface area contributed by atoms with Crippen molar-refractivity contribution in [1.29, 1.82) is 0 Å². The van der Waals surface area contributed by atoms with Crippen LogP contribution < -0.4 is 5.32 Å². The van der Waals surface area contributed by atoms with Crippen LogP contribution in [0.25, 0.3) is 15.9 Å². The van der Waals surface area contributed by atoms with Crippen LogP contribution in [-0.2, 0) is 6.54 Å². The third-order valence-electron chi connectivity index (χ3n) is 3.97. The minimum absolute atomic E-state index is 0.0722. The first-order valence-electron chi connectivity index (χ1n) is 7.94. The molecule has 3 aromatic heterocycles. The predicted molar refractivity (Wildman–Crippen MR) is 99.1 cm³/mol. The average molecular weight is 348 g/mol. The lowest BCUT2D eigenvalue weighted by molar-refractivity contribution is 0.0955. The fraction of sp³-hybridized carbons (Fsp3) is 0.105. The summed E-state index contributed by atoms with van der Waals surface area (Å²) in [6, 6.07) is 15.7. The van der Waals surface area contributed by atoms with Crippen molar-refractivity contribution >= 4 is 27.5 Å². The maximum atomic E-state index is 12.5. The standard InChI is InChI=1S/C19H16N4OS/c1-13-16-11-17(18(24)21-12-14-7-9-20-10-8-14)25-19(16)23(22-13)15-5-3-2-4-6-15/h2-11H,12H2,1H3,(H,21,24). The average Bonchev–Trinajstić information content (AvgIpc) is 3.22. The minimum atomic E-state index is -0.0722. The van der Waals surface area contributed by atoms with Gasteiger partial charge in [-0.1, -0.05) is 18.2 Å². The van der Waals surface area contributed by atoms with Gasteiger partial charge in [-0.15, -0.1) is 11.3 Å². The lowest BCUT2D eigenvalue weighted by atomic mass is 10.2. The first-order chi connectivity index (χ1) is 12.2. The summed E-state index contributed by atoms with van der Waals surface area (Å²) in [5.41, 5.74) is 2.94. The molecule has 1 N–H and O–H groups in total. The number of hydrogen-bond donors (Lipinski definition) is 1. The number of fused-ring (bicyclic) bond motifs is 1. The van der Waals surface area contributed by atoms with Crippen LogP contribution in [0.3, 0.4) is 0 Å². The van der Waals surface area contributed by atoms with Gasteiger partial charge in [0.2, 0.25) is 0 Å². The molecule has 25 heavy (non-hydrogen) atoms. The number of para-hydroxylation sites is 1. The van der Waals surface area contributed by atoms with Gasteiger partial charge in [-0.3, -0.25) is 9.78 Å². The number of amides is 1. The molecular formula is C19H16N4OS. The molecule has 1 amide bonds. The molecule has 4 aromatic rings. The first kappa shape index (κ1) is 15.5. The lowest BCUT2D eigenvalue weighted by Crippen LogP contribution is -2.21. The number of hydrogen-bond acceptors (Lipinski definition) is 4. The summed E-state index contributed by atoms with van der Waals surface area (Å²) < 4.78 is 1.90. The summed E-state index contributed by atoms with van der Waals surface area (Å²) in [4.78, 5) is 18.2. The van der Waals surface area contributed by atoms with E-state index >= 15 is 0 Å². The van der Waals surface area contributed by atoms with Crippen LogP contribution in [0.1, 0.15) is 20.9 Å².